The molecule has 2 N–H and O–H groups in total. The number of nitriles is 1. The van der Waals surface area contributed by atoms with Crippen molar-refractivity contribution in [2.45, 2.75) is 43.7 Å². The van der Waals surface area contributed by atoms with E-state index >= 15 is 0 Å². The van der Waals surface area contributed by atoms with E-state index in [-0.39, 0.29) is 12.0 Å². The number of aromatic nitrogens is 2. The smallest absolute Gasteiger partial charge is 0.248 e. The molecule has 3 aliphatic heterocycles. The van der Waals surface area contributed by atoms with Crippen LogP contribution in [0.2, 0.25) is 0 Å². The molecule has 0 saturated carbocycles. The third kappa shape index (κ3) is 6.39. The molecule has 3 fully saturated rings. The van der Waals surface area contributed by atoms with Crippen molar-refractivity contribution in [3.05, 3.63) is 65.9 Å². The Labute approximate surface area is 245 Å². The molecule has 3 saturated heterocycles. The number of hydrogen-bond acceptors (Lipinski definition) is 9. The van der Waals surface area contributed by atoms with Gasteiger partial charge in [0.05, 0.1) is 24.8 Å². The van der Waals surface area contributed by atoms with Crippen molar-refractivity contribution in [3.63, 3.8) is 0 Å². The Bertz CT molecular complexity index is 1420. The van der Waals surface area contributed by atoms with Crippen LogP contribution in [-0.4, -0.2) is 88.9 Å². The van der Waals surface area contributed by atoms with E-state index in [1.807, 2.05) is 12.1 Å². The Kier molecular flexibility index (Phi) is 8.60. The van der Waals surface area contributed by atoms with Gasteiger partial charge < -0.3 is 24.8 Å². The average Bonchev–Trinajstić information content (AvgIpc) is 3.01. The fourth-order valence-electron chi connectivity index (χ4n) is 5.95. The van der Waals surface area contributed by atoms with Gasteiger partial charge in [-0.25, -0.2) is 9.97 Å². The van der Waals surface area contributed by atoms with Gasteiger partial charge in [-0.05, 0) is 73.8 Å². The van der Waals surface area contributed by atoms with Gasteiger partial charge in [0.25, 0.3) is 0 Å². The summed E-state index contributed by atoms with van der Waals surface area (Å²) in [7, 11) is 0. The second-order valence-electron chi connectivity index (χ2n) is 11.2. The van der Waals surface area contributed by atoms with E-state index in [1.54, 1.807) is 23.2 Å². The lowest BCUT2D eigenvalue weighted by atomic mass is 9.88. The van der Waals surface area contributed by atoms with Gasteiger partial charge in [-0.2, -0.15) is 5.26 Å². The number of likely N-dealkylation sites (tertiary alicyclic amines) is 2. The van der Waals surface area contributed by atoms with Crippen molar-refractivity contribution < 1.29 is 19.4 Å². The number of ether oxygens (including phenoxy) is 2. The van der Waals surface area contributed by atoms with Crippen molar-refractivity contribution in [2.24, 2.45) is 0 Å². The molecule has 0 bridgehead atoms. The number of nitrogens with one attached hydrogen (secondary N) is 1. The average molecular weight is 569 g/mol. The van der Waals surface area contributed by atoms with E-state index in [2.05, 4.69) is 45.5 Å². The van der Waals surface area contributed by atoms with Crippen molar-refractivity contribution in [1.29, 1.82) is 5.26 Å². The van der Waals surface area contributed by atoms with Gasteiger partial charge in [0.2, 0.25) is 5.91 Å². The third-order valence-electron chi connectivity index (χ3n) is 8.56. The first-order valence-corrected chi connectivity index (χ1v) is 14.7. The summed E-state index contributed by atoms with van der Waals surface area (Å²) < 4.78 is 11.5. The van der Waals surface area contributed by atoms with Gasteiger partial charge in [-0.1, -0.05) is 12.1 Å². The number of carbonyl (C=O) groups is 1. The van der Waals surface area contributed by atoms with Crippen molar-refractivity contribution in [1.82, 2.24) is 19.8 Å². The fraction of sp³-hybridized carbons (Fsp3) is 0.438. The van der Waals surface area contributed by atoms with Crippen LogP contribution in [-0.2, 0) is 9.53 Å². The molecular weight excluding hydrogens is 532 g/mol. The number of aliphatic hydroxyl groups excluding tert-OH is 1. The molecule has 2 aromatic carbocycles. The van der Waals surface area contributed by atoms with E-state index in [9.17, 15) is 10.1 Å². The van der Waals surface area contributed by atoms with Crippen LogP contribution in [0.1, 0.15) is 42.7 Å². The summed E-state index contributed by atoms with van der Waals surface area (Å²) in [5.74, 6) is 2.01. The number of carbonyl (C=O) groups excluding carboxylic acids is 1. The second kappa shape index (κ2) is 12.9. The summed E-state index contributed by atoms with van der Waals surface area (Å²) in [5.41, 5.74) is 3.47. The Hall–Kier alpha value is -4.04. The standard InChI is InChI=1S/C32H36N6O4/c33-18-25-17-24(3-6-29(25)42-28-10-15-38(16-11-28)31(40)19-39)32-34-12-7-30(36-32)35-26-4-1-22(2-5-26)23-8-13-37(14-9-23)27-20-41-21-27/h1-7,12,17,23,27-28,39H,8-11,13-16,19-21H2,(H,34,35,36). The molecule has 0 aliphatic carbocycles. The number of piperidine rings is 2. The summed E-state index contributed by atoms with van der Waals surface area (Å²) in [5, 5.41) is 22.3. The minimum Gasteiger partial charge on any atom is -0.489 e. The molecule has 3 aliphatic rings. The summed E-state index contributed by atoms with van der Waals surface area (Å²) in [6.45, 7) is 4.60. The summed E-state index contributed by atoms with van der Waals surface area (Å²) in [6, 6.07) is 18.7. The first-order valence-electron chi connectivity index (χ1n) is 14.7. The molecule has 1 aromatic heterocycles. The molecule has 0 atom stereocenters. The number of hydrogen-bond donors (Lipinski definition) is 2. The Morgan fingerprint density at radius 3 is 2.48 bits per heavy atom. The highest BCUT2D eigenvalue weighted by molar-refractivity contribution is 5.77. The second-order valence-corrected chi connectivity index (χ2v) is 11.2. The Morgan fingerprint density at radius 2 is 1.81 bits per heavy atom. The number of aliphatic hydroxyl groups is 1. The largest absolute Gasteiger partial charge is 0.489 e. The molecule has 0 radical (unpaired) electrons. The van der Waals surface area contributed by atoms with Crippen LogP contribution in [0.25, 0.3) is 11.4 Å². The molecule has 4 heterocycles. The molecule has 10 nitrogen and oxygen atoms in total. The van der Waals surface area contributed by atoms with Gasteiger partial charge in [-0.3, -0.25) is 9.69 Å². The van der Waals surface area contributed by atoms with Gasteiger partial charge in [-0.15, -0.1) is 0 Å². The molecule has 1 amide bonds. The van der Waals surface area contributed by atoms with Crippen LogP contribution in [0.5, 0.6) is 5.75 Å². The van der Waals surface area contributed by atoms with Crippen molar-refractivity contribution >= 4 is 17.4 Å². The molecule has 0 unspecified atom stereocenters. The van der Waals surface area contributed by atoms with Crippen LogP contribution >= 0.6 is 0 Å². The molecule has 0 spiro atoms. The SMILES string of the molecule is N#Cc1cc(-c2nccc(Nc3ccc(C4CCN(C5COC5)CC4)cc3)n2)ccc1OC1CCN(C(=O)CO)CC1. The van der Waals surface area contributed by atoms with E-state index in [4.69, 9.17) is 19.6 Å². The first kappa shape index (κ1) is 28.1. The number of rotatable bonds is 8. The Balaban J connectivity index is 1.07. The van der Waals surface area contributed by atoms with Crippen molar-refractivity contribution in [3.8, 4) is 23.2 Å². The zero-order valence-corrected chi connectivity index (χ0v) is 23.6. The van der Waals surface area contributed by atoms with Crippen LogP contribution in [0.15, 0.2) is 54.7 Å². The zero-order chi connectivity index (χ0) is 28.9. The van der Waals surface area contributed by atoms with E-state index in [1.165, 1.54) is 18.4 Å². The first-order chi connectivity index (χ1) is 20.6. The third-order valence-corrected chi connectivity index (χ3v) is 8.56. The van der Waals surface area contributed by atoms with E-state index < -0.39 is 6.61 Å². The molecule has 6 rings (SSSR count). The maximum atomic E-state index is 11.7. The van der Waals surface area contributed by atoms with Crippen molar-refractivity contribution in [2.75, 3.05) is 51.3 Å². The van der Waals surface area contributed by atoms with Crippen LogP contribution in [0.3, 0.4) is 0 Å². The topological polar surface area (TPSA) is 124 Å². The maximum Gasteiger partial charge on any atom is 0.248 e. The monoisotopic (exact) mass is 568 g/mol. The zero-order valence-electron chi connectivity index (χ0n) is 23.6. The number of benzene rings is 2. The van der Waals surface area contributed by atoms with Crippen LogP contribution < -0.4 is 10.1 Å². The van der Waals surface area contributed by atoms with E-state index in [0.29, 0.717) is 60.8 Å². The highest BCUT2D eigenvalue weighted by atomic mass is 16.5. The number of amides is 1. The summed E-state index contributed by atoms with van der Waals surface area (Å²) >= 11 is 0. The van der Waals surface area contributed by atoms with Crippen LogP contribution in [0.4, 0.5) is 11.5 Å². The number of anilines is 2. The fourth-order valence-corrected chi connectivity index (χ4v) is 5.95. The lowest BCUT2D eigenvalue weighted by molar-refractivity contribution is -0.135. The lowest BCUT2D eigenvalue weighted by Crippen LogP contribution is -2.51. The summed E-state index contributed by atoms with van der Waals surface area (Å²) in [6.07, 6.45) is 5.25. The minimum absolute atomic E-state index is 0.101. The van der Waals surface area contributed by atoms with Gasteiger partial charge in [0, 0.05) is 43.4 Å². The molecule has 42 heavy (non-hydrogen) atoms. The van der Waals surface area contributed by atoms with Gasteiger partial charge in [0.15, 0.2) is 5.82 Å². The highest BCUT2D eigenvalue weighted by Gasteiger charge is 2.30. The van der Waals surface area contributed by atoms with Gasteiger partial charge in [0.1, 0.15) is 30.3 Å². The quantitative estimate of drug-likeness (QED) is 0.419. The molecular formula is C32H36N6O4. The van der Waals surface area contributed by atoms with Crippen LogP contribution in [0, 0.1) is 11.3 Å². The predicted octanol–water partition coefficient (Wildman–Crippen LogP) is 3.70. The van der Waals surface area contributed by atoms with Gasteiger partial charge >= 0.3 is 0 Å². The number of nitrogens with zero attached hydrogens (tertiary/aromatic N) is 5. The Morgan fingerprint density at radius 1 is 1.05 bits per heavy atom. The molecule has 218 valence electrons. The maximum absolute atomic E-state index is 11.7. The predicted molar refractivity (Wildman–Crippen MR) is 157 cm³/mol. The highest BCUT2D eigenvalue weighted by Crippen LogP contribution is 2.32. The molecule has 10 heteroatoms. The summed E-state index contributed by atoms with van der Waals surface area (Å²) in [4.78, 5) is 25.0. The lowest BCUT2D eigenvalue weighted by Gasteiger charge is -2.41. The minimum atomic E-state index is -0.479. The van der Waals surface area contributed by atoms with E-state index in [0.717, 1.165) is 37.6 Å². The molecule has 3 aromatic rings. The normalized spacial score (nSPS) is 18.7.